The molecule has 0 bridgehead atoms. The van der Waals surface area contributed by atoms with Crippen molar-refractivity contribution in [2.75, 3.05) is 5.32 Å². The zero-order chi connectivity index (χ0) is 21.5. The van der Waals surface area contributed by atoms with Crippen LogP contribution >= 0.6 is 0 Å². The third-order valence-electron chi connectivity index (χ3n) is 7.03. The largest absolute Gasteiger partial charge is 0.342 e. The third kappa shape index (κ3) is 2.76. The Labute approximate surface area is 175 Å². The Morgan fingerprint density at radius 1 is 1.13 bits per heavy atom. The molecule has 4 nitrogen and oxygen atoms in total. The molecule has 2 aromatic rings. The predicted molar refractivity (Wildman–Crippen MR) is 112 cm³/mol. The zero-order valence-electron chi connectivity index (χ0n) is 17.8. The number of Topliss-reactive ketones (excluding diaryl/α,β-unsaturated/α-hetero) is 1. The number of benzene rings is 1. The molecular weight excluding hydrogens is 384 g/mol. The first-order chi connectivity index (χ1) is 14.0. The third-order valence-corrected chi connectivity index (χ3v) is 7.03. The van der Waals surface area contributed by atoms with E-state index in [-0.39, 0.29) is 30.0 Å². The van der Waals surface area contributed by atoms with Gasteiger partial charge in [-0.05, 0) is 31.2 Å². The second-order valence-electron chi connectivity index (χ2n) is 10.2. The topological polar surface area (TPSA) is 57.8 Å². The van der Waals surface area contributed by atoms with E-state index >= 15 is 0 Å². The number of carbonyl (C=O) groups is 1. The Morgan fingerprint density at radius 3 is 2.53 bits per heavy atom. The van der Waals surface area contributed by atoms with Gasteiger partial charge < -0.3 is 5.32 Å². The summed E-state index contributed by atoms with van der Waals surface area (Å²) in [5.41, 5.74) is 4.47. The summed E-state index contributed by atoms with van der Waals surface area (Å²) in [4.78, 5) is 13.5. The van der Waals surface area contributed by atoms with E-state index in [2.05, 4.69) is 42.4 Å². The number of nitrogens with one attached hydrogen (secondary N) is 2. The fraction of sp³-hybridized carbons (Fsp3) is 0.500. The van der Waals surface area contributed by atoms with Gasteiger partial charge in [0.25, 0.3) is 0 Å². The normalized spacial score (nSPS) is 27.2. The number of ketones is 1. The quantitative estimate of drug-likeness (QED) is 0.676. The number of aromatic nitrogens is 2. The van der Waals surface area contributed by atoms with Gasteiger partial charge in [-0.2, -0.15) is 5.10 Å². The van der Waals surface area contributed by atoms with Crippen LogP contribution in [0.4, 0.5) is 14.6 Å². The van der Waals surface area contributed by atoms with E-state index in [0.717, 1.165) is 40.1 Å². The van der Waals surface area contributed by atoms with Crippen LogP contribution in [-0.2, 0) is 10.2 Å². The second kappa shape index (κ2) is 6.02. The number of nitrogens with zero attached hydrogens (tertiary/aromatic N) is 1. The van der Waals surface area contributed by atoms with Crippen LogP contribution in [0.1, 0.15) is 74.8 Å². The lowest BCUT2D eigenvalue weighted by atomic mass is 9.60. The number of aromatic amines is 1. The van der Waals surface area contributed by atoms with Gasteiger partial charge in [-0.3, -0.25) is 9.89 Å². The van der Waals surface area contributed by atoms with Crippen molar-refractivity contribution in [2.24, 2.45) is 5.41 Å². The molecule has 2 N–H and O–H groups in total. The highest BCUT2D eigenvalue weighted by atomic mass is 19.3. The minimum atomic E-state index is -2.63. The number of allylic oxidation sites excluding steroid dienone is 2. The molecule has 1 fully saturated rings. The number of hydrogen-bond acceptors (Lipinski definition) is 3. The molecule has 6 heteroatoms. The number of H-pyrrole nitrogens is 1. The van der Waals surface area contributed by atoms with Crippen LogP contribution in [0.2, 0.25) is 0 Å². The standard InChI is InChI=1S/C24H27F2N3O/c1-13-6-5-7-15(8-13)23(4)18-16(11-22(2,3)12-17(18)30)27-21-19(23)20(28-29-21)14-9-24(25,26)10-14/h5-8,14H,9-12H2,1-4H3,(H2,27,28,29). The van der Waals surface area contributed by atoms with Crippen molar-refractivity contribution in [1.29, 1.82) is 0 Å². The number of alkyl halides is 2. The van der Waals surface area contributed by atoms with Crippen molar-refractivity contribution < 1.29 is 13.6 Å². The molecule has 1 atom stereocenters. The fourth-order valence-corrected chi connectivity index (χ4v) is 5.63. The van der Waals surface area contributed by atoms with E-state index in [9.17, 15) is 13.6 Å². The van der Waals surface area contributed by atoms with Crippen molar-refractivity contribution in [2.45, 2.75) is 70.6 Å². The van der Waals surface area contributed by atoms with Gasteiger partial charge in [0, 0.05) is 47.7 Å². The van der Waals surface area contributed by atoms with E-state index in [1.54, 1.807) is 0 Å². The van der Waals surface area contributed by atoms with Crippen LogP contribution in [0.25, 0.3) is 0 Å². The molecule has 0 radical (unpaired) electrons. The summed E-state index contributed by atoms with van der Waals surface area (Å²) < 4.78 is 27.4. The van der Waals surface area contributed by atoms with Crippen LogP contribution in [0.3, 0.4) is 0 Å². The van der Waals surface area contributed by atoms with Gasteiger partial charge in [-0.25, -0.2) is 8.78 Å². The number of rotatable bonds is 2. The van der Waals surface area contributed by atoms with Gasteiger partial charge in [0.05, 0.1) is 5.41 Å². The van der Waals surface area contributed by atoms with Gasteiger partial charge in [0.2, 0.25) is 5.92 Å². The molecule has 3 aliphatic rings. The van der Waals surface area contributed by atoms with E-state index in [1.807, 2.05) is 25.1 Å². The maximum atomic E-state index is 13.7. The number of halogens is 2. The Balaban J connectivity index is 1.74. The summed E-state index contributed by atoms with van der Waals surface area (Å²) in [7, 11) is 0. The van der Waals surface area contributed by atoms with Crippen LogP contribution < -0.4 is 5.32 Å². The number of aryl methyl sites for hydroxylation is 1. The maximum absolute atomic E-state index is 13.7. The number of anilines is 1. The number of fused-ring (bicyclic) bond motifs is 1. The van der Waals surface area contributed by atoms with E-state index in [0.29, 0.717) is 12.2 Å². The van der Waals surface area contributed by atoms with Gasteiger partial charge in [0.15, 0.2) is 11.6 Å². The molecule has 0 saturated heterocycles. The minimum Gasteiger partial charge on any atom is -0.342 e. The van der Waals surface area contributed by atoms with Crippen molar-refractivity contribution in [3.63, 3.8) is 0 Å². The van der Waals surface area contributed by atoms with Gasteiger partial charge in [-0.15, -0.1) is 0 Å². The maximum Gasteiger partial charge on any atom is 0.249 e. The molecule has 1 aromatic carbocycles. The molecule has 0 amide bonds. The Hall–Kier alpha value is -2.50. The number of hydrogen-bond donors (Lipinski definition) is 2. The zero-order valence-corrected chi connectivity index (χ0v) is 17.8. The molecule has 2 heterocycles. The Morgan fingerprint density at radius 2 is 1.87 bits per heavy atom. The average molecular weight is 411 g/mol. The molecule has 1 saturated carbocycles. The van der Waals surface area contributed by atoms with E-state index < -0.39 is 11.3 Å². The molecule has 0 spiro atoms. The summed E-state index contributed by atoms with van der Waals surface area (Å²) in [5.74, 6) is -2.12. The summed E-state index contributed by atoms with van der Waals surface area (Å²) in [6, 6.07) is 8.15. The van der Waals surface area contributed by atoms with E-state index in [1.165, 1.54) is 0 Å². The van der Waals surface area contributed by atoms with Crippen LogP contribution in [0.5, 0.6) is 0 Å². The molecular formula is C24H27F2N3O. The van der Waals surface area contributed by atoms with E-state index in [4.69, 9.17) is 0 Å². The lowest BCUT2D eigenvalue weighted by Gasteiger charge is -2.45. The Bertz CT molecular complexity index is 1090. The predicted octanol–water partition coefficient (Wildman–Crippen LogP) is 5.61. The van der Waals surface area contributed by atoms with Crippen molar-refractivity contribution in [1.82, 2.24) is 10.2 Å². The molecule has 158 valence electrons. The lowest BCUT2D eigenvalue weighted by Crippen LogP contribution is -2.43. The summed E-state index contributed by atoms with van der Waals surface area (Å²) in [6.45, 7) is 8.28. The second-order valence-corrected chi connectivity index (χ2v) is 10.2. The summed E-state index contributed by atoms with van der Waals surface area (Å²) in [5, 5.41) is 10.9. The molecule has 30 heavy (non-hydrogen) atoms. The number of carbonyl (C=O) groups excluding carboxylic acids is 1. The monoisotopic (exact) mass is 411 g/mol. The first kappa shape index (κ1) is 19.5. The minimum absolute atomic E-state index is 0.120. The van der Waals surface area contributed by atoms with Crippen molar-refractivity contribution in [3.05, 3.63) is 57.9 Å². The van der Waals surface area contributed by atoms with Crippen LogP contribution in [-0.4, -0.2) is 21.9 Å². The first-order valence-corrected chi connectivity index (χ1v) is 10.6. The molecule has 1 aromatic heterocycles. The SMILES string of the molecule is Cc1cccc(C2(C)C3=C(CC(C)(C)CC3=O)Nc3n[nH]c(C4CC(F)(F)C4)c32)c1. The van der Waals surface area contributed by atoms with Crippen molar-refractivity contribution in [3.8, 4) is 0 Å². The van der Waals surface area contributed by atoms with Crippen molar-refractivity contribution >= 4 is 11.6 Å². The van der Waals surface area contributed by atoms with Gasteiger partial charge >= 0.3 is 0 Å². The summed E-state index contributed by atoms with van der Waals surface area (Å²) >= 11 is 0. The van der Waals surface area contributed by atoms with Crippen LogP contribution in [0, 0.1) is 12.3 Å². The highest BCUT2D eigenvalue weighted by Gasteiger charge is 2.53. The van der Waals surface area contributed by atoms with Crippen LogP contribution in [0.15, 0.2) is 35.5 Å². The lowest BCUT2D eigenvalue weighted by molar-refractivity contribution is -0.118. The fourth-order valence-electron chi connectivity index (χ4n) is 5.63. The molecule has 2 aliphatic carbocycles. The average Bonchev–Trinajstić information content (AvgIpc) is 3.02. The van der Waals surface area contributed by atoms with Gasteiger partial charge in [-0.1, -0.05) is 43.7 Å². The smallest absolute Gasteiger partial charge is 0.249 e. The molecule has 1 aliphatic heterocycles. The van der Waals surface area contributed by atoms with Gasteiger partial charge in [0.1, 0.15) is 0 Å². The molecule has 5 rings (SSSR count). The first-order valence-electron chi connectivity index (χ1n) is 10.6. The highest BCUT2D eigenvalue weighted by Crippen LogP contribution is 2.57. The molecule has 1 unspecified atom stereocenters. The highest BCUT2D eigenvalue weighted by molar-refractivity contribution is 6.03. The summed E-state index contributed by atoms with van der Waals surface area (Å²) in [6.07, 6.45) is 0.856. The Kier molecular flexibility index (Phi) is 3.91.